The van der Waals surface area contributed by atoms with Crippen molar-refractivity contribution >= 4 is 28.1 Å². The molecule has 2 aromatic rings. The topological polar surface area (TPSA) is 80.0 Å². The zero-order valence-corrected chi connectivity index (χ0v) is 10.7. The number of anilines is 2. The first kappa shape index (κ1) is 14.3. The standard InChI is InChI=1S/C11H9F3N4OS/c12-11(13,14)7-3-1-2-6(8(7)18-15)9(19)17-10-16-4-5-20-10/h1-5,18H,15H2,(H,16,17,19). The quantitative estimate of drug-likeness (QED) is 0.601. The van der Waals surface area contributed by atoms with Gasteiger partial charge < -0.3 is 5.43 Å². The molecule has 0 saturated carbocycles. The van der Waals surface area contributed by atoms with Gasteiger partial charge in [-0.2, -0.15) is 13.2 Å². The summed E-state index contributed by atoms with van der Waals surface area (Å²) >= 11 is 1.15. The summed E-state index contributed by atoms with van der Waals surface area (Å²) in [6, 6.07) is 3.23. The fraction of sp³-hybridized carbons (Fsp3) is 0.0909. The summed E-state index contributed by atoms with van der Waals surface area (Å²) in [5, 5.41) is 4.31. The van der Waals surface area contributed by atoms with Crippen LogP contribution in [-0.4, -0.2) is 10.9 Å². The van der Waals surface area contributed by atoms with Crippen molar-refractivity contribution in [2.24, 2.45) is 5.84 Å². The second kappa shape index (κ2) is 5.47. The molecule has 1 heterocycles. The Bertz CT molecular complexity index is 613. The molecule has 0 spiro atoms. The third-order valence-electron chi connectivity index (χ3n) is 2.41. The van der Waals surface area contributed by atoms with Crippen molar-refractivity contribution in [2.75, 3.05) is 10.7 Å². The van der Waals surface area contributed by atoms with E-state index in [0.717, 1.165) is 23.5 Å². The van der Waals surface area contributed by atoms with E-state index in [4.69, 9.17) is 5.84 Å². The first-order valence-corrected chi connectivity index (χ1v) is 6.19. The van der Waals surface area contributed by atoms with Crippen LogP contribution in [0, 0.1) is 0 Å². The zero-order valence-electron chi connectivity index (χ0n) is 9.86. The number of nitrogen functional groups attached to an aromatic ring is 1. The fourth-order valence-corrected chi connectivity index (χ4v) is 2.11. The van der Waals surface area contributed by atoms with E-state index < -0.39 is 23.3 Å². The van der Waals surface area contributed by atoms with E-state index in [1.165, 1.54) is 12.3 Å². The monoisotopic (exact) mass is 302 g/mol. The third kappa shape index (κ3) is 2.89. The van der Waals surface area contributed by atoms with Crippen LogP contribution in [0.3, 0.4) is 0 Å². The van der Waals surface area contributed by atoms with Crippen molar-refractivity contribution in [3.8, 4) is 0 Å². The zero-order chi connectivity index (χ0) is 14.8. The van der Waals surface area contributed by atoms with Crippen LogP contribution >= 0.6 is 11.3 Å². The first-order chi connectivity index (χ1) is 9.43. The number of hydrogen-bond acceptors (Lipinski definition) is 5. The van der Waals surface area contributed by atoms with Crippen LogP contribution < -0.4 is 16.6 Å². The van der Waals surface area contributed by atoms with Gasteiger partial charge in [-0.25, -0.2) is 4.98 Å². The number of hydrogen-bond donors (Lipinski definition) is 3. The number of nitrogens with zero attached hydrogens (tertiary/aromatic N) is 1. The number of hydrazine groups is 1. The number of carbonyl (C=O) groups is 1. The number of benzene rings is 1. The number of alkyl halides is 3. The van der Waals surface area contributed by atoms with Gasteiger partial charge in [-0.15, -0.1) is 11.3 Å². The van der Waals surface area contributed by atoms with Gasteiger partial charge in [0.2, 0.25) is 0 Å². The number of para-hydroxylation sites is 1. The van der Waals surface area contributed by atoms with E-state index in [-0.39, 0.29) is 10.7 Å². The minimum absolute atomic E-state index is 0.211. The summed E-state index contributed by atoms with van der Waals surface area (Å²) in [7, 11) is 0. The van der Waals surface area contributed by atoms with E-state index in [9.17, 15) is 18.0 Å². The molecule has 1 aromatic carbocycles. The van der Waals surface area contributed by atoms with Crippen LogP contribution in [0.4, 0.5) is 24.0 Å². The summed E-state index contributed by atoms with van der Waals surface area (Å²) in [4.78, 5) is 15.8. The normalized spacial score (nSPS) is 11.2. The maximum atomic E-state index is 12.8. The lowest BCUT2D eigenvalue weighted by atomic mass is 10.1. The second-order valence-corrected chi connectivity index (χ2v) is 4.56. The minimum atomic E-state index is -4.61. The SMILES string of the molecule is NNc1c(C(=O)Nc2nccs2)cccc1C(F)(F)F. The molecule has 0 aliphatic heterocycles. The molecule has 0 atom stereocenters. The molecule has 9 heteroatoms. The lowest BCUT2D eigenvalue weighted by Crippen LogP contribution is -2.21. The summed E-state index contributed by atoms with van der Waals surface area (Å²) in [6.45, 7) is 0. The number of rotatable bonds is 3. The number of thiazole rings is 1. The molecule has 0 aliphatic rings. The molecule has 0 unspecified atom stereocenters. The van der Waals surface area contributed by atoms with E-state index in [1.54, 1.807) is 5.38 Å². The second-order valence-electron chi connectivity index (χ2n) is 3.66. The Labute approximate surface area is 115 Å². The van der Waals surface area contributed by atoms with Gasteiger partial charge >= 0.3 is 6.18 Å². The van der Waals surface area contributed by atoms with Gasteiger partial charge in [0.1, 0.15) is 0 Å². The predicted octanol–water partition coefficient (Wildman–Crippen LogP) is 2.70. The van der Waals surface area contributed by atoms with Gasteiger partial charge in [0.25, 0.3) is 5.91 Å². The average molecular weight is 302 g/mol. The predicted molar refractivity (Wildman–Crippen MR) is 69.3 cm³/mol. The van der Waals surface area contributed by atoms with E-state index in [0.29, 0.717) is 0 Å². The Kier molecular flexibility index (Phi) is 3.91. The van der Waals surface area contributed by atoms with Crippen molar-refractivity contribution in [2.45, 2.75) is 6.18 Å². The minimum Gasteiger partial charge on any atom is -0.323 e. The average Bonchev–Trinajstić information content (AvgIpc) is 2.89. The van der Waals surface area contributed by atoms with Crippen molar-refractivity contribution in [1.82, 2.24) is 4.98 Å². The van der Waals surface area contributed by atoms with Crippen LogP contribution in [-0.2, 0) is 6.18 Å². The smallest absolute Gasteiger partial charge is 0.323 e. The molecule has 2 rings (SSSR count). The van der Waals surface area contributed by atoms with Crippen LogP contribution in [0.15, 0.2) is 29.8 Å². The lowest BCUT2D eigenvalue weighted by Gasteiger charge is -2.15. The number of nitrogens with one attached hydrogen (secondary N) is 2. The maximum absolute atomic E-state index is 12.8. The molecule has 106 valence electrons. The summed E-state index contributed by atoms with van der Waals surface area (Å²) < 4.78 is 38.5. The van der Waals surface area contributed by atoms with Gasteiger partial charge in [-0.1, -0.05) is 6.07 Å². The Hall–Kier alpha value is -2.13. The largest absolute Gasteiger partial charge is 0.418 e. The van der Waals surface area contributed by atoms with Crippen LogP contribution in [0.2, 0.25) is 0 Å². The fourth-order valence-electron chi connectivity index (χ4n) is 1.58. The highest BCUT2D eigenvalue weighted by atomic mass is 32.1. The van der Waals surface area contributed by atoms with Gasteiger partial charge in [0.15, 0.2) is 5.13 Å². The Morgan fingerprint density at radius 2 is 2.10 bits per heavy atom. The van der Waals surface area contributed by atoms with Gasteiger partial charge in [0, 0.05) is 11.6 Å². The molecular weight excluding hydrogens is 293 g/mol. The highest BCUT2D eigenvalue weighted by Gasteiger charge is 2.35. The molecule has 0 aliphatic carbocycles. The molecule has 0 radical (unpaired) electrons. The van der Waals surface area contributed by atoms with Crippen molar-refractivity contribution in [3.05, 3.63) is 40.9 Å². The maximum Gasteiger partial charge on any atom is 0.418 e. The highest BCUT2D eigenvalue weighted by Crippen LogP contribution is 2.36. The number of nitrogens with two attached hydrogens (primary N) is 1. The molecule has 0 fully saturated rings. The number of halogens is 3. The molecule has 4 N–H and O–H groups in total. The first-order valence-electron chi connectivity index (χ1n) is 5.31. The van der Waals surface area contributed by atoms with Crippen molar-refractivity contribution in [3.63, 3.8) is 0 Å². The summed E-state index contributed by atoms with van der Waals surface area (Å²) in [5.41, 5.74) is 0.237. The molecule has 1 amide bonds. The molecule has 20 heavy (non-hydrogen) atoms. The Balaban J connectivity index is 2.39. The molecule has 5 nitrogen and oxygen atoms in total. The summed E-state index contributed by atoms with van der Waals surface area (Å²) in [6.07, 6.45) is -3.15. The van der Waals surface area contributed by atoms with Gasteiger partial charge in [-0.05, 0) is 12.1 Å². The summed E-state index contributed by atoms with van der Waals surface area (Å²) in [5.74, 6) is 4.39. The highest BCUT2D eigenvalue weighted by molar-refractivity contribution is 7.13. The van der Waals surface area contributed by atoms with Crippen LogP contribution in [0.5, 0.6) is 0 Å². The molecule has 1 aromatic heterocycles. The van der Waals surface area contributed by atoms with Crippen molar-refractivity contribution < 1.29 is 18.0 Å². The van der Waals surface area contributed by atoms with E-state index in [1.807, 2.05) is 5.43 Å². The molecule has 0 saturated heterocycles. The van der Waals surface area contributed by atoms with E-state index in [2.05, 4.69) is 10.3 Å². The lowest BCUT2D eigenvalue weighted by molar-refractivity contribution is -0.137. The Morgan fingerprint density at radius 3 is 2.65 bits per heavy atom. The van der Waals surface area contributed by atoms with Crippen molar-refractivity contribution in [1.29, 1.82) is 0 Å². The van der Waals surface area contributed by atoms with Gasteiger partial charge in [0.05, 0.1) is 16.8 Å². The number of carbonyl (C=O) groups excluding carboxylic acids is 1. The van der Waals surface area contributed by atoms with Crippen LogP contribution in [0.25, 0.3) is 0 Å². The van der Waals surface area contributed by atoms with Crippen LogP contribution in [0.1, 0.15) is 15.9 Å². The molecule has 0 bridgehead atoms. The van der Waals surface area contributed by atoms with E-state index >= 15 is 0 Å². The third-order valence-corrected chi connectivity index (χ3v) is 3.10. The number of amides is 1. The number of aromatic nitrogens is 1. The Morgan fingerprint density at radius 1 is 1.35 bits per heavy atom. The molecular formula is C11H9F3N4OS. The van der Waals surface area contributed by atoms with Gasteiger partial charge in [-0.3, -0.25) is 16.0 Å².